The zero-order chi connectivity index (χ0) is 25.2. The molecular weight excluding hydrogens is 487 g/mol. The van der Waals surface area contributed by atoms with Crippen LogP contribution >= 0.6 is 0 Å². The largest absolute Gasteiger partial charge is 0.431 e. The number of para-hydroxylation sites is 1. The summed E-state index contributed by atoms with van der Waals surface area (Å²) in [5, 5.41) is 2.58. The Labute approximate surface area is 199 Å². The molecule has 35 heavy (non-hydrogen) atoms. The predicted octanol–water partition coefficient (Wildman–Crippen LogP) is 3.54. The minimum atomic E-state index is -4.54. The highest BCUT2D eigenvalue weighted by Gasteiger charge is 2.31. The van der Waals surface area contributed by atoms with Crippen molar-refractivity contribution >= 4 is 33.5 Å². The lowest BCUT2D eigenvalue weighted by atomic mass is 10.1. The Morgan fingerprint density at radius 3 is 2.40 bits per heavy atom. The molecule has 0 spiro atoms. The zero-order valence-corrected chi connectivity index (χ0v) is 19.4. The second kappa shape index (κ2) is 9.58. The highest BCUT2D eigenvalue weighted by Crippen LogP contribution is 2.33. The smallest absolute Gasteiger partial charge is 0.416 e. The van der Waals surface area contributed by atoms with Gasteiger partial charge in [0, 0.05) is 37.6 Å². The number of aromatic nitrogens is 1. The van der Waals surface area contributed by atoms with Gasteiger partial charge in [-0.2, -0.15) is 30.9 Å². The van der Waals surface area contributed by atoms with E-state index in [9.17, 15) is 26.4 Å². The first-order valence-electron chi connectivity index (χ1n) is 10.6. The number of amides is 1. The molecule has 4 rings (SSSR count). The lowest BCUT2D eigenvalue weighted by Gasteiger charge is -2.35. The first-order valence-corrected chi connectivity index (χ1v) is 12.0. The molecule has 0 saturated carbocycles. The topological polar surface area (TPSA) is 108 Å². The van der Waals surface area contributed by atoms with E-state index in [1.807, 2.05) is 40.0 Å². The van der Waals surface area contributed by atoms with Gasteiger partial charge in [0.15, 0.2) is 5.69 Å². The molecule has 1 aliphatic rings. The number of hydrogen-bond acceptors (Lipinski definition) is 7. The zero-order valence-electron chi connectivity index (χ0n) is 18.5. The number of nitrogens with one attached hydrogen (secondary N) is 2. The van der Waals surface area contributed by atoms with E-state index >= 15 is 0 Å². The summed E-state index contributed by atoms with van der Waals surface area (Å²) in [5.74, 6) is -1.02. The van der Waals surface area contributed by atoms with Crippen molar-refractivity contribution in [1.29, 1.82) is 0 Å². The van der Waals surface area contributed by atoms with Crippen molar-refractivity contribution in [2.75, 3.05) is 36.4 Å². The van der Waals surface area contributed by atoms with Crippen molar-refractivity contribution in [2.45, 2.75) is 13.1 Å². The minimum Gasteiger partial charge on any atom is -0.431 e. The minimum absolute atomic E-state index is 0.0811. The molecule has 1 aliphatic heterocycles. The number of alkyl halides is 3. The number of rotatable bonds is 6. The molecule has 186 valence electrons. The third-order valence-corrected chi connectivity index (χ3v) is 6.95. The van der Waals surface area contributed by atoms with Crippen LogP contribution in [0.5, 0.6) is 0 Å². The average molecular weight is 510 g/mol. The quantitative estimate of drug-likeness (QED) is 0.523. The van der Waals surface area contributed by atoms with Crippen LogP contribution in [0.4, 0.5) is 30.6 Å². The molecule has 0 unspecified atom stereocenters. The van der Waals surface area contributed by atoms with E-state index in [2.05, 4.69) is 10.3 Å². The molecule has 3 aromatic rings. The Morgan fingerprint density at radius 1 is 1.06 bits per heavy atom. The van der Waals surface area contributed by atoms with Crippen LogP contribution in [0.15, 0.2) is 59.2 Å². The number of carbonyl (C=O) groups is 1. The highest BCUT2D eigenvalue weighted by atomic mass is 32.2. The van der Waals surface area contributed by atoms with Crippen LogP contribution in [-0.2, 0) is 16.4 Å². The van der Waals surface area contributed by atoms with Crippen LogP contribution in [0.2, 0.25) is 0 Å². The molecule has 0 aliphatic carbocycles. The maximum Gasteiger partial charge on any atom is 0.416 e. The van der Waals surface area contributed by atoms with Gasteiger partial charge >= 0.3 is 16.4 Å². The molecule has 1 aromatic heterocycles. The van der Waals surface area contributed by atoms with Gasteiger partial charge in [-0.1, -0.05) is 24.3 Å². The van der Waals surface area contributed by atoms with E-state index in [1.54, 1.807) is 6.92 Å². The van der Waals surface area contributed by atoms with Crippen molar-refractivity contribution in [1.82, 2.24) is 14.0 Å². The number of anilines is 3. The van der Waals surface area contributed by atoms with E-state index in [4.69, 9.17) is 4.42 Å². The summed E-state index contributed by atoms with van der Waals surface area (Å²) < 4.78 is 72.5. The molecule has 0 atom stereocenters. The van der Waals surface area contributed by atoms with Gasteiger partial charge in [-0.25, -0.2) is 4.72 Å². The lowest BCUT2D eigenvalue weighted by molar-refractivity contribution is -0.137. The predicted molar refractivity (Wildman–Crippen MR) is 123 cm³/mol. The second-order valence-corrected chi connectivity index (χ2v) is 9.52. The Balaban J connectivity index is 1.38. The number of aryl methyl sites for hydroxylation is 1. The van der Waals surface area contributed by atoms with Crippen LogP contribution in [0.25, 0.3) is 0 Å². The van der Waals surface area contributed by atoms with Gasteiger partial charge in [0.2, 0.25) is 0 Å². The van der Waals surface area contributed by atoms with Crippen LogP contribution in [-0.4, -0.2) is 49.8 Å². The summed E-state index contributed by atoms with van der Waals surface area (Å²) >= 11 is 0. The van der Waals surface area contributed by atoms with Gasteiger partial charge in [-0.15, -0.1) is 0 Å². The van der Waals surface area contributed by atoms with Gasteiger partial charge in [-0.3, -0.25) is 4.79 Å². The maximum atomic E-state index is 13.0. The van der Waals surface area contributed by atoms with Gasteiger partial charge < -0.3 is 14.6 Å². The molecule has 13 heteroatoms. The summed E-state index contributed by atoms with van der Waals surface area (Å²) in [5.41, 5.74) is 0.335. The molecule has 9 nitrogen and oxygen atoms in total. The monoisotopic (exact) mass is 509 g/mol. The third kappa shape index (κ3) is 5.74. The summed E-state index contributed by atoms with van der Waals surface area (Å²) in [7, 11) is -4.13. The molecule has 1 amide bonds. The van der Waals surface area contributed by atoms with Gasteiger partial charge in [0.25, 0.3) is 11.9 Å². The van der Waals surface area contributed by atoms with Crippen molar-refractivity contribution in [3.05, 3.63) is 71.6 Å². The first kappa shape index (κ1) is 24.5. The SMILES string of the molecule is Cc1ccc(C(F)(F)F)cc1Nc1nc(C(=O)NS(=O)(=O)N2CCN(c3ccccc3)CC2)co1. The van der Waals surface area contributed by atoms with Crippen LogP contribution in [0, 0.1) is 6.92 Å². The number of benzene rings is 2. The van der Waals surface area contributed by atoms with E-state index in [1.165, 1.54) is 6.07 Å². The molecule has 1 fully saturated rings. The number of carbonyl (C=O) groups excluding carboxylic acids is 1. The van der Waals surface area contributed by atoms with Crippen LogP contribution in [0.1, 0.15) is 21.6 Å². The fourth-order valence-electron chi connectivity index (χ4n) is 3.54. The molecule has 0 bridgehead atoms. The van der Waals surface area contributed by atoms with Gasteiger partial charge in [0.1, 0.15) is 6.26 Å². The highest BCUT2D eigenvalue weighted by molar-refractivity contribution is 7.87. The molecule has 0 radical (unpaired) electrons. The molecule has 1 saturated heterocycles. The van der Waals surface area contributed by atoms with E-state index in [0.717, 1.165) is 28.4 Å². The van der Waals surface area contributed by atoms with Gasteiger partial charge in [-0.05, 0) is 36.8 Å². The summed E-state index contributed by atoms with van der Waals surface area (Å²) in [6, 6.07) is 12.4. The third-order valence-electron chi connectivity index (χ3n) is 5.46. The number of piperazine rings is 1. The fraction of sp³-hybridized carbons (Fsp3) is 0.273. The summed E-state index contributed by atoms with van der Waals surface area (Å²) in [6.45, 7) is 2.85. The van der Waals surface area contributed by atoms with Crippen molar-refractivity contribution < 1.29 is 30.8 Å². The number of oxazole rings is 1. The Hall–Kier alpha value is -3.58. The molecule has 2 N–H and O–H groups in total. The average Bonchev–Trinajstić information content (AvgIpc) is 3.29. The van der Waals surface area contributed by atoms with Gasteiger partial charge in [0.05, 0.1) is 5.56 Å². The molecule has 2 heterocycles. The van der Waals surface area contributed by atoms with Crippen LogP contribution in [0.3, 0.4) is 0 Å². The Morgan fingerprint density at radius 2 is 1.74 bits per heavy atom. The summed E-state index contributed by atoms with van der Waals surface area (Å²) in [6.07, 6.45) is -3.61. The Bertz CT molecular complexity index is 1300. The van der Waals surface area contributed by atoms with Crippen molar-refractivity contribution in [3.63, 3.8) is 0 Å². The first-order chi connectivity index (χ1) is 16.5. The van der Waals surface area contributed by atoms with E-state index < -0.39 is 27.9 Å². The van der Waals surface area contributed by atoms with E-state index in [0.29, 0.717) is 18.7 Å². The standard InChI is InChI=1S/C22H22F3N5O4S/c1-15-7-8-16(22(23,24)25)13-18(15)26-21-27-19(14-34-21)20(31)28-35(32,33)30-11-9-29(10-12-30)17-5-3-2-4-6-17/h2-8,13-14H,9-12H2,1H3,(H,26,27)(H,28,31). The normalized spacial score (nSPS) is 15.1. The summed E-state index contributed by atoms with van der Waals surface area (Å²) in [4.78, 5) is 18.4. The van der Waals surface area contributed by atoms with E-state index in [-0.39, 0.29) is 30.5 Å². The Kier molecular flexibility index (Phi) is 6.72. The maximum absolute atomic E-state index is 13.0. The molecular formula is C22H22F3N5O4S. The second-order valence-electron chi connectivity index (χ2n) is 7.85. The molecule has 2 aromatic carbocycles. The lowest BCUT2D eigenvalue weighted by Crippen LogP contribution is -2.53. The number of halogens is 3. The number of hydrogen-bond donors (Lipinski definition) is 2. The van der Waals surface area contributed by atoms with Crippen LogP contribution < -0.4 is 14.9 Å². The fourth-order valence-corrected chi connectivity index (χ4v) is 4.66. The number of nitrogens with zero attached hydrogens (tertiary/aromatic N) is 3. The van der Waals surface area contributed by atoms with Crippen molar-refractivity contribution in [3.8, 4) is 0 Å². The van der Waals surface area contributed by atoms with Crippen molar-refractivity contribution in [2.24, 2.45) is 0 Å².